The van der Waals surface area contributed by atoms with Gasteiger partial charge in [0.1, 0.15) is 0 Å². The van der Waals surface area contributed by atoms with E-state index in [1.165, 1.54) is 12.8 Å². The monoisotopic (exact) mass is 277 g/mol. The molecule has 0 heterocycles. The second-order valence-corrected chi connectivity index (χ2v) is 5.85. The van der Waals surface area contributed by atoms with Crippen LogP contribution in [0.2, 0.25) is 0 Å². The van der Waals surface area contributed by atoms with E-state index in [-0.39, 0.29) is 10.6 Å². The quantitative estimate of drug-likeness (QED) is 0.610. The van der Waals surface area contributed by atoms with Gasteiger partial charge in [0.15, 0.2) is 0 Å². The van der Waals surface area contributed by atoms with Crippen LogP contribution in [-0.2, 0) is 0 Å². The van der Waals surface area contributed by atoms with E-state index in [0.717, 1.165) is 24.3 Å². The van der Waals surface area contributed by atoms with Crippen LogP contribution in [0.5, 0.6) is 0 Å². The van der Waals surface area contributed by atoms with E-state index in [2.05, 4.69) is 24.1 Å². The van der Waals surface area contributed by atoms with Gasteiger partial charge in [0.2, 0.25) is 0 Å². The van der Waals surface area contributed by atoms with E-state index in [4.69, 9.17) is 0 Å². The van der Waals surface area contributed by atoms with Gasteiger partial charge in [-0.25, -0.2) is 0 Å². The van der Waals surface area contributed by atoms with E-state index < -0.39 is 0 Å². The lowest BCUT2D eigenvalue weighted by Crippen LogP contribution is -2.27. The zero-order chi connectivity index (χ0) is 14.7. The van der Waals surface area contributed by atoms with E-state index >= 15 is 0 Å². The molecule has 0 saturated heterocycles. The predicted octanol–water partition coefficient (Wildman–Crippen LogP) is 3.65. The lowest BCUT2D eigenvalue weighted by Gasteiger charge is -2.26. The average molecular weight is 277 g/mol. The molecule has 20 heavy (non-hydrogen) atoms. The molecular weight excluding hydrogens is 254 g/mol. The molecule has 5 heteroatoms. The van der Waals surface area contributed by atoms with Crippen molar-refractivity contribution in [2.45, 2.75) is 39.2 Å². The molecule has 110 valence electrons. The largest absolute Gasteiger partial charge is 0.388 e. The van der Waals surface area contributed by atoms with Crippen molar-refractivity contribution in [1.29, 1.82) is 0 Å². The maximum atomic E-state index is 11.1. The molecule has 1 N–H and O–H groups in total. The van der Waals surface area contributed by atoms with E-state index in [1.807, 2.05) is 6.07 Å². The molecule has 0 amide bonds. The highest BCUT2D eigenvalue weighted by Gasteiger charge is 2.30. The van der Waals surface area contributed by atoms with Crippen molar-refractivity contribution in [2.75, 3.05) is 23.8 Å². The van der Waals surface area contributed by atoms with Gasteiger partial charge in [0.25, 0.3) is 5.69 Å². The van der Waals surface area contributed by atoms with E-state index in [1.54, 1.807) is 19.2 Å². The molecule has 0 spiro atoms. The summed E-state index contributed by atoms with van der Waals surface area (Å²) in [5, 5.41) is 14.1. The van der Waals surface area contributed by atoms with Gasteiger partial charge in [-0.05, 0) is 31.2 Å². The fourth-order valence-corrected chi connectivity index (χ4v) is 2.32. The second kappa shape index (κ2) is 6.11. The van der Waals surface area contributed by atoms with Crippen LogP contribution in [0.1, 0.15) is 33.1 Å². The fourth-order valence-electron chi connectivity index (χ4n) is 2.32. The molecule has 1 fully saturated rings. The number of nitrogens with zero attached hydrogens (tertiary/aromatic N) is 2. The van der Waals surface area contributed by atoms with Crippen molar-refractivity contribution >= 4 is 17.1 Å². The summed E-state index contributed by atoms with van der Waals surface area (Å²) in [5.74, 6) is 0.638. The number of nitrogens with one attached hydrogen (secondary N) is 1. The molecule has 1 saturated carbocycles. The fraction of sp³-hybridized carbons (Fsp3) is 0.600. The Morgan fingerprint density at radius 3 is 2.60 bits per heavy atom. The number of benzene rings is 1. The first kappa shape index (κ1) is 14.6. The van der Waals surface area contributed by atoms with Crippen LogP contribution in [0.25, 0.3) is 0 Å². The SMILES string of the molecule is CNc1cc(N(CCC(C)C)C2CC2)cc([N+](=O)[O-])c1. The minimum Gasteiger partial charge on any atom is -0.388 e. The summed E-state index contributed by atoms with van der Waals surface area (Å²) in [5.41, 5.74) is 1.91. The van der Waals surface area contributed by atoms with Gasteiger partial charge in [0, 0.05) is 43.1 Å². The Balaban J connectivity index is 2.26. The molecule has 1 aromatic carbocycles. The van der Waals surface area contributed by atoms with Crippen LogP contribution in [0, 0.1) is 16.0 Å². The molecule has 0 unspecified atom stereocenters. The van der Waals surface area contributed by atoms with Gasteiger partial charge < -0.3 is 10.2 Å². The van der Waals surface area contributed by atoms with E-state index in [0.29, 0.717) is 12.0 Å². The Morgan fingerprint density at radius 1 is 1.40 bits per heavy atom. The number of hydrogen-bond donors (Lipinski definition) is 1. The van der Waals surface area contributed by atoms with Crippen LogP contribution in [0.4, 0.5) is 17.1 Å². The highest BCUT2D eigenvalue weighted by molar-refractivity contribution is 5.65. The van der Waals surface area contributed by atoms with Gasteiger partial charge in [-0.15, -0.1) is 0 Å². The summed E-state index contributed by atoms with van der Waals surface area (Å²) in [6, 6.07) is 5.84. The minimum absolute atomic E-state index is 0.155. The maximum absolute atomic E-state index is 11.1. The van der Waals surface area contributed by atoms with Crippen LogP contribution in [0.15, 0.2) is 18.2 Å². The number of hydrogen-bond acceptors (Lipinski definition) is 4. The summed E-state index contributed by atoms with van der Waals surface area (Å²) in [6.07, 6.45) is 3.49. The summed E-state index contributed by atoms with van der Waals surface area (Å²) in [7, 11) is 1.79. The first-order chi connectivity index (χ1) is 9.51. The van der Waals surface area contributed by atoms with Crippen molar-refractivity contribution in [1.82, 2.24) is 0 Å². The third-order valence-corrected chi connectivity index (χ3v) is 3.67. The highest BCUT2D eigenvalue weighted by atomic mass is 16.6. The molecular formula is C15H23N3O2. The van der Waals surface area contributed by atoms with Crippen molar-refractivity contribution in [3.63, 3.8) is 0 Å². The van der Waals surface area contributed by atoms with Crippen LogP contribution in [0.3, 0.4) is 0 Å². The molecule has 0 aromatic heterocycles. The smallest absolute Gasteiger partial charge is 0.273 e. The standard InChI is InChI=1S/C15H23N3O2/c1-11(2)6-7-17(13-4-5-13)14-8-12(16-3)9-15(10-14)18(19)20/h8-11,13,16H,4-7H2,1-3H3. The first-order valence-corrected chi connectivity index (χ1v) is 7.25. The molecule has 1 aliphatic carbocycles. The first-order valence-electron chi connectivity index (χ1n) is 7.25. The minimum atomic E-state index is -0.322. The highest BCUT2D eigenvalue weighted by Crippen LogP contribution is 2.35. The Kier molecular flexibility index (Phi) is 4.47. The van der Waals surface area contributed by atoms with Gasteiger partial charge >= 0.3 is 0 Å². The van der Waals surface area contributed by atoms with Crippen molar-refractivity contribution in [2.24, 2.45) is 5.92 Å². The number of nitro groups is 1. The zero-order valence-corrected chi connectivity index (χ0v) is 12.4. The average Bonchev–Trinajstić information content (AvgIpc) is 3.22. The number of non-ortho nitro benzene ring substituents is 1. The maximum Gasteiger partial charge on any atom is 0.273 e. The molecule has 0 radical (unpaired) electrons. The molecule has 2 rings (SSSR count). The number of nitro benzene ring substituents is 1. The lowest BCUT2D eigenvalue weighted by atomic mass is 10.1. The summed E-state index contributed by atoms with van der Waals surface area (Å²) in [4.78, 5) is 13.1. The Labute approximate surface area is 120 Å². The van der Waals surface area contributed by atoms with Crippen LogP contribution >= 0.6 is 0 Å². The van der Waals surface area contributed by atoms with Crippen molar-refractivity contribution < 1.29 is 4.92 Å². The number of rotatable bonds is 7. The summed E-state index contributed by atoms with van der Waals surface area (Å²) in [6.45, 7) is 5.38. The van der Waals surface area contributed by atoms with Gasteiger partial charge in [0.05, 0.1) is 4.92 Å². The predicted molar refractivity (Wildman–Crippen MR) is 82.5 cm³/mol. The zero-order valence-electron chi connectivity index (χ0n) is 12.4. The third-order valence-electron chi connectivity index (χ3n) is 3.67. The molecule has 5 nitrogen and oxygen atoms in total. The Bertz CT molecular complexity index is 484. The lowest BCUT2D eigenvalue weighted by molar-refractivity contribution is -0.384. The number of anilines is 2. The normalized spacial score (nSPS) is 14.4. The molecule has 0 aliphatic heterocycles. The summed E-state index contributed by atoms with van der Waals surface area (Å²) < 4.78 is 0. The Morgan fingerprint density at radius 2 is 2.10 bits per heavy atom. The van der Waals surface area contributed by atoms with Crippen LogP contribution in [-0.4, -0.2) is 24.6 Å². The molecule has 1 aliphatic rings. The van der Waals surface area contributed by atoms with Crippen LogP contribution < -0.4 is 10.2 Å². The van der Waals surface area contributed by atoms with Gasteiger partial charge in [-0.1, -0.05) is 13.8 Å². The van der Waals surface area contributed by atoms with Gasteiger partial charge in [-0.2, -0.15) is 0 Å². The van der Waals surface area contributed by atoms with Crippen molar-refractivity contribution in [3.05, 3.63) is 28.3 Å². The molecule has 0 bridgehead atoms. The van der Waals surface area contributed by atoms with E-state index in [9.17, 15) is 10.1 Å². The third kappa shape index (κ3) is 3.62. The summed E-state index contributed by atoms with van der Waals surface area (Å²) >= 11 is 0. The molecule has 1 aromatic rings. The van der Waals surface area contributed by atoms with Crippen molar-refractivity contribution in [3.8, 4) is 0 Å². The topological polar surface area (TPSA) is 58.4 Å². The Hall–Kier alpha value is -1.78. The second-order valence-electron chi connectivity index (χ2n) is 5.85. The van der Waals surface area contributed by atoms with Gasteiger partial charge in [-0.3, -0.25) is 10.1 Å². The molecule has 0 atom stereocenters.